The number of hydrogen-bond donors (Lipinski definition) is 2. The molecule has 0 spiro atoms. The molecule has 0 aliphatic carbocycles. The van der Waals surface area contributed by atoms with Gasteiger partial charge in [0.05, 0.1) is 11.5 Å². The van der Waals surface area contributed by atoms with Crippen LogP contribution in [0.3, 0.4) is 0 Å². The highest BCUT2D eigenvalue weighted by Gasteiger charge is 2.29. The van der Waals surface area contributed by atoms with Gasteiger partial charge in [-0.15, -0.1) is 0 Å². The van der Waals surface area contributed by atoms with Crippen molar-refractivity contribution in [2.75, 3.05) is 6.54 Å². The van der Waals surface area contributed by atoms with Crippen LogP contribution in [-0.4, -0.2) is 19.9 Å². The van der Waals surface area contributed by atoms with Crippen LogP contribution in [0.1, 0.15) is 22.5 Å². The van der Waals surface area contributed by atoms with Gasteiger partial charge >= 0.3 is 0 Å². The fourth-order valence-corrected chi connectivity index (χ4v) is 3.63. The largest absolute Gasteiger partial charge is 0.361 e. The van der Waals surface area contributed by atoms with Crippen molar-refractivity contribution >= 4 is 9.84 Å². The lowest BCUT2D eigenvalue weighted by atomic mass is 10.1. The average Bonchev–Trinajstić information content (AvgIpc) is 2.47. The summed E-state index contributed by atoms with van der Waals surface area (Å²) >= 11 is 0. The molecule has 0 unspecified atom stereocenters. The van der Waals surface area contributed by atoms with E-state index in [1.54, 1.807) is 0 Å². The van der Waals surface area contributed by atoms with Crippen molar-refractivity contribution in [3.05, 3.63) is 22.5 Å². The molecule has 4 nitrogen and oxygen atoms in total. The summed E-state index contributed by atoms with van der Waals surface area (Å²) in [7, 11) is -2.89. The van der Waals surface area contributed by atoms with Crippen LogP contribution in [0, 0.1) is 6.92 Å². The molecule has 0 amide bonds. The molecule has 1 aromatic rings. The van der Waals surface area contributed by atoms with Gasteiger partial charge in [0.15, 0.2) is 9.84 Å². The molecule has 0 aromatic carbocycles. The first kappa shape index (κ1) is 9.73. The Labute approximate surface area is 83.4 Å². The second-order valence-corrected chi connectivity index (χ2v) is 5.82. The molecule has 0 fully saturated rings. The van der Waals surface area contributed by atoms with Gasteiger partial charge < -0.3 is 10.7 Å². The standard InChI is InChI=1S/C9H14N2O2S/c1-6-7(2-3-10)8-4-14(12,13)5-9(8)11-6/h11H,2-5,10H2,1H3. The molecule has 3 N–H and O–H groups in total. The Morgan fingerprint density at radius 2 is 2.14 bits per heavy atom. The summed E-state index contributed by atoms with van der Waals surface area (Å²) in [4.78, 5) is 3.13. The van der Waals surface area contributed by atoms with Gasteiger partial charge in [0.25, 0.3) is 0 Å². The molecule has 78 valence electrons. The first-order chi connectivity index (χ1) is 6.53. The molecule has 2 heterocycles. The Balaban J connectivity index is 2.46. The highest BCUT2D eigenvalue weighted by Crippen LogP contribution is 2.29. The third-order valence-electron chi connectivity index (χ3n) is 2.64. The van der Waals surface area contributed by atoms with Crippen LogP contribution in [0.15, 0.2) is 0 Å². The molecule has 0 bridgehead atoms. The zero-order valence-electron chi connectivity index (χ0n) is 8.13. The fourth-order valence-electron chi connectivity index (χ4n) is 2.06. The maximum Gasteiger partial charge on any atom is 0.160 e. The van der Waals surface area contributed by atoms with Crippen molar-refractivity contribution in [2.45, 2.75) is 24.9 Å². The minimum absolute atomic E-state index is 0.160. The molecule has 5 heteroatoms. The number of nitrogens with two attached hydrogens (primary N) is 1. The van der Waals surface area contributed by atoms with E-state index in [-0.39, 0.29) is 11.5 Å². The molecule has 1 aliphatic rings. The van der Waals surface area contributed by atoms with Crippen molar-refractivity contribution in [2.24, 2.45) is 5.73 Å². The van der Waals surface area contributed by atoms with E-state index in [4.69, 9.17) is 5.73 Å². The normalized spacial score (nSPS) is 18.4. The topological polar surface area (TPSA) is 76.0 Å². The average molecular weight is 214 g/mol. The van der Waals surface area contributed by atoms with Gasteiger partial charge in [-0.1, -0.05) is 0 Å². The highest BCUT2D eigenvalue weighted by molar-refractivity contribution is 7.90. The van der Waals surface area contributed by atoms with Gasteiger partial charge in [0, 0.05) is 11.4 Å². The van der Waals surface area contributed by atoms with Crippen LogP contribution < -0.4 is 5.73 Å². The summed E-state index contributed by atoms with van der Waals surface area (Å²) in [5.74, 6) is 0.343. The zero-order valence-corrected chi connectivity index (χ0v) is 8.95. The van der Waals surface area contributed by atoms with E-state index in [0.29, 0.717) is 6.54 Å². The number of fused-ring (bicyclic) bond motifs is 1. The van der Waals surface area contributed by atoms with Crippen LogP contribution in [0.2, 0.25) is 0 Å². The second kappa shape index (κ2) is 3.10. The van der Waals surface area contributed by atoms with Crippen molar-refractivity contribution in [3.63, 3.8) is 0 Å². The maximum absolute atomic E-state index is 11.4. The predicted octanol–water partition coefficient (Wildman–Crippen LogP) is 0.253. The Morgan fingerprint density at radius 1 is 1.43 bits per heavy atom. The molecule has 0 saturated heterocycles. The van der Waals surface area contributed by atoms with E-state index in [2.05, 4.69) is 4.98 Å². The van der Waals surface area contributed by atoms with E-state index in [0.717, 1.165) is 28.9 Å². The quantitative estimate of drug-likeness (QED) is 0.741. The monoisotopic (exact) mass is 214 g/mol. The van der Waals surface area contributed by atoms with Crippen LogP contribution in [0.4, 0.5) is 0 Å². The van der Waals surface area contributed by atoms with Gasteiger partial charge in [-0.3, -0.25) is 0 Å². The number of sulfone groups is 1. The predicted molar refractivity (Wildman–Crippen MR) is 54.6 cm³/mol. The Morgan fingerprint density at radius 3 is 2.79 bits per heavy atom. The Kier molecular flexibility index (Phi) is 2.16. The zero-order chi connectivity index (χ0) is 10.3. The third-order valence-corrected chi connectivity index (χ3v) is 4.10. The number of hydrogen-bond acceptors (Lipinski definition) is 3. The van der Waals surface area contributed by atoms with Crippen molar-refractivity contribution in [1.29, 1.82) is 0 Å². The maximum atomic E-state index is 11.4. The molecule has 1 aromatic heterocycles. The molecule has 0 atom stereocenters. The van der Waals surface area contributed by atoms with Gasteiger partial charge in [-0.25, -0.2) is 8.42 Å². The Hall–Kier alpha value is -0.810. The fraction of sp³-hybridized carbons (Fsp3) is 0.556. The van der Waals surface area contributed by atoms with E-state index in [1.165, 1.54) is 0 Å². The number of aromatic nitrogens is 1. The van der Waals surface area contributed by atoms with Crippen LogP contribution in [0.25, 0.3) is 0 Å². The second-order valence-electron chi connectivity index (χ2n) is 3.76. The summed E-state index contributed by atoms with van der Waals surface area (Å²) in [5, 5.41) is 0. The van der Waals surface area contributed by atoms with Crippen LogP contribution in [-0.2, 0) is 27.8 Å². The van der Waals surface area contributed by atoms with Crippen LogP contribution in [0.5, 0.6) is 0 Å². The highest BCUT2D eigenvalue weighted by atomic mass is 32.2. The van der Waals surface area contributed by atoms with Gasteiger partial charge in [-0.2, -0.15) is 0 Å². The van der Waals surface area contributed by atoms with Crippen molar-refractivity contribution in [1.82, 2.24) is 4.98 Å². The SMILES string of the molecule is Cc1[nH]c2c(c1CCN)CS(=O)(=O)C2. The van der Waals surface area contributed by atoms with E-state index in [1.807, 2.05) is 6.92 Å². The number of nitrogens with one attached hydrogen (secondary N) is 1. The summed E-state index contributed by atoms with van der Waals surface area (Å²) in [6, 6.07) is 0. The number of H-pyrrole nitrogens is 1. The lowest BCUT2D eigenvalue weighted by Gasteiger charge is -2.00. The summed E-state index contributed by atoms with van der Waals surface area (Å²) < 4.78 is 22.7. The number of aryl methyl sites for hydroxylation is 1. The lowest BCUT2D eigenvalue weighted by Crippen LogP contribution is -2.06. The molecule has 14 heavy (non-hydrogen) atoms. The molecule has 1 aliphatic heterocycles. The van der Waals surface area contributed by atoms with Crippen molar-refractivity contribution in [3.8, 4) is 0 Å². The lowest BCUT2D eigenvalue weighted by molar-refractivity contribution is 0.597. The first-order valence-corrected chi connectivity index (χ1v) is 6.45. The molecule has 0 radical (unpaired) electrons. The number of rotatable bonds is 2. The molecular weight excluding hydrogens is 200 g/mol. The smallest absolute Gasteiger partial charge is 0.160 e. The minimum atomic E-state index is -2.89. The van der Waals surface area contributed by atoms with E-state index >= 15 is 0 Å². The van der Waals surface area contributed by atoms with E-state index in [9.17, 15) is 8.42 Å². The number of aromatic amines is 1. The molecule has 0 saturated carbocycles. The minimum Gasteiger partial charge on any atom is -0.361 e. The van der Waals surface area contributed by atoms with E-state index < -0.39 is 9.84 Å². The van der Waals surface area contributed by atoms with Crippen molar-refractivity contribution < 1.29 is 8.42 Å². The molecular formula is C9H14N2O2S. The molecule has 2 rings (SSSR count). The van der Waals surface area contributed by atoms with Gasteiger partial charge in [0.1, 0.15) is 0 Å². The van der Waals surface area contributed by atoms with Gasteiger partial charge in [0.2, 0.25) is 0 Å². The summed E-state index contributed by atoms with van der Waals surface area (Å²) in [6.45, 7) is 2.53. The summed E-state index contributed by atoms with van der Waals surface area (Å²) in [5.41, 5.74) is 9.48. The third kappa shape index (κ3) is 1.46. The van der Waals surface area contributed by atoms with Gasteiger partial charge in [-0.05, 0) is 31.0 Å². The Bertz CT molecular complexity index is 459. The first-order valence-electron chi connectivity index (χ1n) is 4.63. The summed E-state index contributed by atoms with van der Waals surface area (Å²) in [6.07, 6.45) is 0.757. The van der Waals surface area contributed by atoms with Crippen LogP contribution >= 0.6 is 0 Å².